The van der Waals surface area contributed by atoms with Gasteiger partial charge >= 0.3 is 0 Å². The van der Waals surface area contributed by atoms with Crippen molar-refractivity contribution in [3.8, 4) is 0 Å². The van der Waals surface area contributed by atoms with Gasteiger partial charge in [-0.2, -0.15) is 0 Å². The van der Waals surface area contributed by atoms with Crippen LogP contribution in [0.15, 0.2) is 0 Å². The molecular formula is C9H22Cl2N2O. The Balaban J connectivity index is 0. The summed E-state index contributed by atoms with van der Waals surface area (Å²) in [6, 6.07) is 0.371. The van der Waals surface area contributed by atoms with Crippen LogP contribution in [0.25, 0.3) is 0 Å². The van der Waals surface area contributed by atoms with Gasteiger partial charge in [0.2, 0.25) is 0 Å². The summed E-state index contributed by atoms with van der Waals surface area (Å²) in [5.41, 5.74) is 5.72. The Morgan fingerprint density at radius 2 is 1.71 bits per heavy atom. The van der Waals surface area contributed by atoms with Crippen LogP contribution in [-0.2, 0) is 0 Å². The largest absolute Gasteiger partial charge is 0.394 e. The molecule has 1 heterocycles. The molecule has 14 heavy (non-hydrogen) atoms. The molecule has 3 nitrogen and oxygen atoms in total. The molecule has 0 unspecified atom stereocenters. The van der Waals surface area contributed by atoms with Crippen LogP contribution in [0.4, 0.5) is 0 Å². The van der Waals surface area contributed by atoms with Crippen molar-refractivity contribution in [1.82, 2.24) is 4.90 Å². The molecule has 1 aliphatic heterocycles. The highest BCUT2D eigenvalue weighted by Crippen LogP contribution is 2.19. The zero-order chi connectivity index (χ0) is 9.19. The van der Waals surface area contributed by atoms with E-state index in [0.29, 0.717) is 6.04 Å². The van der Waals surface area contributed by atoms with Gasteiger partial charge in [-0.15, -0.1) is 24.8 Å². The number of hydrogen-bond acceptors (Lipinski definition) is 3. The molecule has 5 heteroatoms. The molecule has 0 atom stereocenters. The second-order valence-corrected chi connectivity index (χ2v) is 4.30. The number of rotatable bonds is 2. The smallest absolute Gasteiger partial charge is 0.0610 e. The molecule has 1 saturated heterocycles. The Kier molecular flexibility index (Phi) is 8.26. The van der Waals surface area contributed by atoms with Crippen LogP contribution in [0.3, 0.4) is 0 Å². The van der Waals surface area contributed by atoms with Crippen LogP contribution in [-0.4, -0.2) is 41.3 Å². The summed E-state index contributed by atoms with van der Waals surface area (Å²) >= 11 is 0. The van der Waals surface area contributed by atoms with Crippen LogP contribution in [0.2, 0.25) is 0 Å². The predicted octanol–water partition coefficient (Wildman–Crippen LogP) is 1.02. The van der Waals surface area contributed by atoms with E-state index < -0.39 is 0 Å². The summed E-state index contributed by atoms with van der Waals surface area (Å²) in [4.78, 5) is 2.32. The minimum Gasteiger partial charge on any atom is -0.394 e. The molecule has 0 aliphatic carbocycles. The Labute approximate surface area is 98.9 Å². The van der Waals surface area contributed by atoms with Gasteiger partial charge in [-0.1, -0.05) is 0 Å². The predicted molar refractivity (Wildman–Crippen MR) is 64.4 cm³/mol. The fraction of sp³-hybridized carbons (Fsp3) is 1.00. The van der Waals surface area contributed by atoms with Gasteiger partial charge in [0.15, 0.2) is 0 Å². The molecule has 3 N–H and O–H groups in total. The summed E-state index contributed by atoms with van der Waals surface area (Å²) in [6.45, 7) is 6.42. The van der Waals surface area contributed by atoms with E-state index in [4.69, 9.17) is 10.8 Å². The van der Waals surface area contributed by atoms with E-state index in [9.17, 15) is 0 Å². The second-order valence-electron chi connectivity index (χ2n) is 4.30. The van der Waals surface area contributed by atoms with Crippen LogP contribution in [0.1, 0.15) is 26.7 Å². The number of piperidine rings is 1. The molecule has 0 aromatic rings. The molecule has 1 rings (SSSR count). The average Bonchev–Trinajstić information content (AvgIpc) is 2.05. The average molecular weight is 245 g/mol. The molecule has 0 bridgehead atoms. The molecule has 0 spiro atoms. The maximum atomic E-state index is 9.14. The van der Waals surface area contributed by atoms with E-state index in [1.165, 1.54) is 0 Å². The van der Waals surface area contributed by atoms with Crippen molar-refractivity contribution >= 4 is 24.8 Å². The van der Waals surface area contributed by atoms with Crippen LogP contribution < -0.4 is 5.73 Å². The highest BCUT2D eigenvalue weighted by Gasteiger charge is 2.28. The lowest BCUT2D eigenvalue weighted by Crippen LogP contribution is -2.52. The van der Waals surface area contributed by atoms with Crippen LogP contribution >= 0.6 is 24.8 Å². The van der Waals surface area contributed by atoms with Gasteiger partial charge in [0.25, 0.3) is 0 Å². The Morgan fingerprint density at radius 3 is 2.07 bits per heavy atom. The van der Waals surface area contributed by atoms with Crippen molar-refractivity contribution in [1.29, 1.82) is 0 Å². The number of aliphatic hydroxyl groups excluding tert-OH is 1. The van der Waals surface area contributed by atoms with Crippen molar-refractivity contribution < 1.29 is 5.11 Å². The zero-order valence-electron chi connectivity index (χ0n) is 8.90. The van der Waals surface area contributed by atoms with Crippen LogP contribution in [0, 0.1) is 0 Å². The first-order valence-corrected chi connectivity index (χ1v) is 4.68. The van der Waals surface area contributed by atoms with Gasteiger partial charge in [-0.05, 0) is 26.7 Å². The molecule has 1 fully saturated rings. The zero-order valence-corrected chi connectivity index (χ0v) is 10.5. The van der Waals surface area contributed by atoms with E-state index in [-0.39, 0.29) is 37.0 Å². The van der Waals surface area contributed by atoms with Crippen molar-refractivity contribution in [3.05, 3.63) is 0 Å². The van der Waals surface area contributed by atoms with Gasteiger partial charge in [-0.25, -0.2) is 0 Å². The highest BCUT2D eigenvalue weighted by atomic mass is 35.5. The molecule has 0 aromatic heterocycles. The number of nitrogens with zero attached hydrogens (tertiary/aromatic N) is 1. The Bertz CT molecular complexity index is 148. The van der Waals surface area contributed by atoms with E-state index in [2.05, 4.69) is 18.7 Å². The van der Waals surface area contributed by atoms with Crippen molar-refractivity contribution in [3.63, 3.8) is 0 Å². The van der Waals surface area contributed by atoms with E-state index in [1.807, 2.05) is 0 Å². The minimum atomic E-state index is -0.0693. The number of nitrogens with two attached hydrogens (primary N) is 1. The maximum absolute atomic E-state index is 9.14. The van der Waals surface area contributed by atoms with Crippen molar-refractivity contribution in [2.45, 2.75) is 38.3 Å². The monoisotopic (exact) mass is 244 g/mol. The summed E-state index contributed by atoms with van der Waals surface area (Å²) in [5, 5.41) is 9.14. The molecular weight excluding hydrogens is 223 g/mol. The first kappa shape index (κ1) is 16.9. The Hall–Kier alpha value is 0.460. The maximum Gasteiger partial charge on any atom is 0.0610 e. The van der Waals surface area contributed by atoms with E-state index in [1.54, 1.807) is 0 Å². The van der Waals surface area contributed by atoms with Crippen molar-refractivity contribution in [2.24, 2.45) is 5.73 Å². The number of halogens is 2. The summed E-state index contributed by atoms with van der Waals surface area (Å²) < 4.78 is 0. The first-order valence-electron chi connectivity index (χ1n) is 4.68. The van der Waals surface area contributed by atoms with E-state index >= 15 is 0 Å². The lowest BCUT2D eigenvalue weighted by molar-refractivity contribution is 0.0385. The third-order valence-corrected chi connectivity index (χ3v) is 2.78. The second kappa shape index (κ2) is 6.85. The van der Waals surface area contributed by atoms with Gasteiger partial charge in [0.1, 0.15) is 0 Å². The summed E-state index contributed by atoms with van der Waals surface area (Å²) in [6.07, 6.45) is 2.12. The lowest BCUT2D eigenvalue weighted by Gasteiger charge is -2.41. The molecule has 88 valence electrons. The highest BCUT2D eigenvalue weighted by molar-refractivity contribution is 5.85. The van der Waals surface area contributed by atoms with Gasteiger partial charge in [0, 0.05) is 24.7 Å². The number of aliphatic hydroxyl groups is 1. The third-order valence-electron chi connectivity index (χ3n) is 2.78. The molecule has 0 aromatic carbocycles. The first-order chi connectivity index (χ1) is 5.56. The minimum absolute atomic E-state index is 0. The molecule has 0 saturated carbocycles. The van der Waals surface area contributed by atoms with Gasteiger partial charge in [0.05, 0.1) is 6.61 Å². The van der Waals surface area contributed by atoms with Gasteiger partial charge in [-0.3, -0.25) is 4.90 Å². The number of likely N-dealkylation sites (tertiary alicyclic amines) is 1. The fourth-order valence-electron chi connectivity index (χ4n) is 1.60. The number of hydrogen-bond donors (Lipinski definition) is 2. The Morgan fingerprint density at radius 1 is 1.29 bits per heavy atom. The standard InChI is InChI=1S/C9H20N2O.2ClH/c1-9(2,7-12)11-5-3-8(10)4-6-11;;/h8,12H,3-7,10H2,1-2H3;2*1H. The third kappa shape index (κ3) is 4.32. The quantitative estimate of drug-likeness (QED) is 0.763. The molecule has 1 aliphatic rings. The SMILES string of the molecule is CC(C)(CO)N1CCC(N)CC1.Cl.Cl. The molecule has 0 amide bonds. The summed E-state index contributed by atoms with van der Waals surface area (Å²) in [7, 11) is 0. The van der Waals surface area contributed by atoms with Crippen LogP contribution in [0.5, 0.6) is 0 Å². The summed E-state index contributed by atoms with van der Waals surface area (Å²) in [5.74, 6) is 0. The normalized spacial score (nSPS) is 19.7. The molecule has 0 radical (unpaired) electrons. The topological polar surface area (TPSA) is 49.5 Å². The van der Waals surface area contributed by atoms with Gasteiger partial charge < -0.3 is 10.8 Å². The van der Waals surface area contributed by atoms with Crippen molar-refractivity contribution in [2.75, 3.05) is 19.7 Å². The fourth-order valence-corrected chi connectivity index (χ4v) is 1.60. The van der Waals surface area contributed by atoms with E-state index in [0.717, 1.165) is 25.9 Å². The lowest BCUT2D eigenvalue weighted by atomic mass is 9.98.